The first kappa shape index (κ1) is 19.3. The van der Waals surface area contributed by atoms with E-state index in [9.17, 15) is 18.4 Å². The van der Waals surface area contributed by atoms with Gasteiger partial charge in [-0.3, -0.25) is 10.1 Å². The number of nitrogens with zero attached hydrogens (tertiary/aromatic N) is 1. The standard InChI is InChI=1S/C17H20F2N4O3S/c1-17(19)5-4-11(18)6-10(17)8-26-14-12(13(20)24)15(27-23-14)22-16(25)21-7-9-2-3-9/h4-6,9-10H,2-3,7-8H2,1H3,(H2,20,24)(H2,21,22,25). The summed E-state index contributed by atoms with van der Waals surface area (Å²) in [5, 5.41) is 5.36. The molecule has 0 aromatic carbocycles. The van der Waals surface area contributed by atoms with E-state index in [1.807, 2.05) is 0 Å². The van der Waals surface area contributed by atoms with Crippen LogP contribution < -0.4 is 21.1 Å². The average molecular weight is 398 g/mol. The van der Waals surface area contributed by atoms with Crippen LogP contribution in [0.4, 0.5) is 18.6 Å². The maximum atomic E-state index is 14.5. The highest BCUT2D eigenvalue weighted by molar-refractivity contribution is 7.11. The van der Waals surface area contributed by atoms with Crippen molar-refractivity contribution in [1.82, 2.24) is 9.69 Å². The Labute approximate surface area is 158 Å². The number of nitrogens with one attached hydrogen (secondary N) is 2. The number of halogens is 2. The van der Waals surface area contributed by atoms with Crippen LogP contribution in [0.25, 0.3) is 0 Å². The van der Waals surface area contributed by atoms with Crippen molar-refractivity contribution in [1.29, 1.82) is 0 Å². The number of ether oxygens (including phenoxy) is 1. The van der Waals surface area contributed by atoms with Gasteiger partial charge in [-0.05, 0) is 55.4 Å². The monoisotopic (exact) mass is 398 g/mol. The molecule has 3 amide bonds. The molecular weight excluding hydrogens is 378 g/mol. The van der Waals surface area contributed by atoms with Crippen LogP contribution in [0.3, 0.4) is 0 Å². The summed E-state index contributed by atoms with van der Waals surface area (Å²) in [6.07, 6.45) is 5.45. The van der Waals surface area contributed by atoms with E-state index in [-0.39, 0.29) is 23.1 Å². The van der Waals surface area contributed by atoms with Crippen LogP contribution >= 0.6 is 11.5 Å². The van der Waals surface area contributed by atoms with Crippen molar-refractivity contribution in [2.75, 3.05) is 18.5 Å². The van der Waals surface area contributed by atoms with Crippen LogP contribution in [0.5, 0.6) is 5.88 Å². The number of hydrogen-bond acceptors (Lipinski definition) is 5. The minimum absolute atomic E-state index is 0.0991. The molecule has 27 heavy (non-hydrogen) atoms. The number of aromatic nitrogens is 1. The molecule has 7 nitrogen and oxygen atoms in total. The zero-order valence-corrected chi connectivity index (χ0v) is 15.4. The van der Waals surface area contributed by atoms with E-state index in [4.69, 9.17) is 10.5 Å². The summed E-state index contributed by atoms with van der Waals surface area (Å²) in [5.74, 6) is -1.93. The molecule has 0 bridgehead atoms. The lowest BCUT2D eigenvalue weighted by Crippen LogP contribution is -2.33. The first-order chi connectivity index (χ1) is 12.8. The molecule has 0 spiro atoms. The van der Waals surface area contributed by atoms with E-state index in [0.717, 1.165) is 42.6 Å². The van der Waals surface area contributed by atoms with Gasteiger partial charge in [-0.2, -0.15) is 4.37 Å². The molecule has 0 aliphatic heterocycles. The van der Waals surface area contributed by atoms with Crippen molar-refractivity contribution in [3.05, 3.63) is 29.6 Å². The lowest BCUT2D eigenvalue weighted by molar-refractivity contribution is 0.0991. The first-order valence-electron chi connectivity index (χ1n) is 8.49. The number of allylic oxidation sites excluding steroid dienone is 3. The topological polar surface area (TPSA) is 106 Å². The Morgan fingerprint density at radius 1 is 1.48 bits per heavy atom. The van der Waals surface area contributed by atoms with E-state index >= 15 is 0 Å². The van der Waals surface area contributed by atoms with Crippen LogP contribution in [0.15, 0.2) is 24.1 Å². The third-order valence-corrected chi connectivity index (χ3v) is 5.18. The molecule has 0 saturated heterocycles. The van der Waals surface area contributed by atoms with Crippen molar-refractivity contribution in [3.63, 3.8) is 0 Å². The van der Waals surface area contributed by atoms with Crippen LogP contribution in [-0.4, -0.2) is 35.1 Å². The predicted octanol–water partition coefficient (Wildman–Crippen LogP) is 2.92. The molecule has 4 N–H and O–H groups in total. The van der Waals surface area contributed by atoms with Gasteiger partial charge in [0.25, 0.3) is 5.91 Å². The van der Waals surface area contributed by atoms with Crippen molar-refractivity contribution in [2.45, 2.75) is 25.4 Å². The van der Waals surface area contributed by atoms with Gasteiger partial charge in [0.1, 0.15) is 22.1 Å². The maximum Gasteiger partial charge on any atom is 0.319 e. The zero-order chi connectivity index (χ0) is 19.6. The second-order valence-electron chi connectivity index (χ2n) is 6.79. The highest BCUT2D eigenvalue weighted by Gasteiger charge is 2.34. The summed E-state index contributed by atoms with van der Waals surface area (Å²) >= 11 is 0.825. The van der Waals surface area contributed by atoms with E-state index in [0.29, 0.717) is 12.5 Å². The number of amides is 3. The Balaban J connectivity index is 1.66. The number of nitrogens with two attached hydrogens (primary N) is 1. The van der Waals surface area contributed by atoms with Gasteiger partial charge < -0.3 is 15.8 Å². The Morgan fingerprint density at radius 3 is 2.89 bits per heavy atom. The third kappa shape index (κ3) is 4.82. The lowest BCUT2D eigenvalue weighted by atomic mass is 9.87. The number of anilines is 1. The summed E-state index contributed by atoms with van der Waals surface area (Å²) in [6.45, 7) is 1.61. The highest BCUT2D eigenvalue weighted by Crippen LogP contribution is 2.34. The Bertz CT molecular complexity index is 802. The predicted molar refractivity (Wildman–Crippen MR) is 97.2 cm³/mol. The van der Waals surface area contributed by atoms with Crippen molar-refractivity contribution >= 4 is 28.5 Å². The van der Waals surface area contributed by atoms with E-state index < -0.39 is 29.4 Å². The molecule has 0 radical (unpaired) electrons. The summed E-state index contributed by atoms with van der Waals surface area (Å²) in [4.78, 5) is 23.7. The van der Waals surface area contributed by atoms with Gasteiger partial charge in [-0.15, -0.1) is 0 Å². The molecule has 2 aliphatic rings. The fraction of sp³-hybridized carbons (Fsp3) is 0.471. The molecule has 10 heteroatoms. The lowest BCUT2D eigenvalue weighted by Gasteiger charge is -2.27. The van der Waals surface area contributed by atoms with E-state index in [1.165, 1.54) is 6.92 Å². The number of rotatable bonds is 7. The molecule has 1 saturated carbocycles. The molecule has 1 heterocycles. The minimum atomic E-state index is -1.80. The molecule has 1 aromatic heterocycles. The third-order valence-electron chi connectivity index (χ3n) is 4.44. The Hall–Kier alpha value is -2.49. The normalized spacial score (nSPS) is 24.3. The van der Waals surface area contributed by atoms with Crippen molar-refractivity contribution < 1.29 is 23.1 Å². The Kier molecular flexibility index (Phi) is 5.45. The van der Waals surface area contributed by atoms with Gasteiger partial charge in [0, 0.05) is 6.54 Å². The molecular formula is C17H20F2N4O3S. The average Bonchev–Trinajstić information content (AvgIpc) is 3.34. The fourth-order valence-electron chi connectivity index (χ4n) is 2.54. The van der Waals surface area contributed by atoms with Crippen LogP contribution in [0.2, 0.25) is 0 Å². The molecule has 2 unspecified atom stereocenters. The van der Waals surface area contributed by atoms with Gasteiger partial charge in [-0.25, -0.2) is 13.6 Å². The van der Waals surface area contributed by atoms with Gasteiger partial charge >= 0.3 is 6.03 Å². The van der Waals surface area contributed by atoms with Gasteiger partial charge in [0.05, 0.1) is 12.5 Å². The van der Waals surface area contributed by atoms with Crippen LogP contribution in [-0.2, 0) is 0 Å². The quantitative estimate of drug-likeness (QED) is 0.656. The maximum absolute atomic E-state index is 14.5. The molecule has 146 valence electrons. The second-order valence-corrected chi connectivity index (χ2v) is 7.56. The first-order valence-corrected chi connectivity index (χ1v) is 9.26. The highest BCUT2D eigenvalue weighted by atomic mass is 32.1. The summed E-state index contributed by atoms with van der Waals surface area (Å²) < 4.78 is 37.3. The van der Waals surface area contributed by atoms with Crippen molar-refractivity contribution in [2.24, 2.45) is 17.6 Å². The van der Waals surface area contributed by atoms with Crippen molar-refractivity contribution in [3.8, 4) is 5.88 Å². The summed E-state index contributed by atoms with van der Waals surface area (Å²) in [6, 6.07) is -0.474. The largest absolute Gasteiger partial charge is 0.476 e. The number of hydrogen-bond donors (Lipinski definition) is 3. The van der Waals surface area contributed by atoms with Crippen LogP contribution in [0, 0.1) is 11.8 Å². The number of urea groups is 1. The number of primary amides is 1. The fourth-order valence-corrected chi connectivity index (χ4v) is 3.28. The Morgan fingerprint density at radius 2 is 2.22 bits per heavy atom. The van der Waals surface area contributed by atoms with Gasteiger partial charge in [0.15, 0.2) is 0 Å². The van der Waals surface area contributed by atoms with Gasteiger partial charge in [0.2, 0.25) is 5.88 Å². The summed E-state index contributed by atoms with van der Waals surface area (Å²) in [5.41, 5.74) is 3.47. The number of alkyl halides is 1. The van der Waals surface area contributed by atoms with Crippen LogP contribution in [0.1, 0.15) is 30.1 Å². The molecule has 2 atom stereocenters. The molecule has 3 rings (SSSR count). The van der Waals surface area contributed by atoms with E-state index in [2.05, 4.69) is 15.0 Å². The summed E-state index contributed by atoms with van der Waals surface area (Å²) in [7, 11) is 0. The molecule has 2 aliphatic carbocycles. The SMILES string of the molecule is CC1(F)C=CC(F)=CC1COc1nsc(NC(=O)NCC2CC2)c1C(N)=O. The molecule has 1 aromatic rings. The minimum Gasteiger partial charge on any atom is -0.476 e. The van der Waals surface area contributed by atoms with Gasteiger partial charge in [-0.1, -0.05) is 0 Å². The number of carbonyl (C=O) groups is 2. The molecule has 1 fully saturated rings. The number of carbonyl (C=O) groups excluding carboxylic acids is 2. The van der Waals surface area contributed by atoms with E-state index in [1.54, 1.807) is 0 Å². The second kappa shape index (κ2) is 7.63. The smallest absolute Gasteiger partial charge is 0.319 e. The zero-order valence-electron chi connectivity index (χ0n) is 14.6.